The predicted molar refractivity (Wildman–Crippen MR) is 254 cm³/mol. The van der Waals surface area contributed by atoms with Crippen LogP contribution in [-0.4, -0.2) is 19.1 Å². The maximum Gasteiger partial charge on any atom is 0.143 e. The molecule has 6 heteroatoms. The number of rotatable bonds is 4. The van der Waals surface area contributed by atoms with Gasteiger partial charge in [-0.25, -0.2) is 9.97 Å². The van der Waals surface area contributed by atoms with Crippen LogP contribution in [0.5, 0.6) is 0 Å². The topological polar surface area (TPSA) is 59.4 Å². The maximum atomic E-state index is 11.2. The molecule has 282 valence electrons. The molecule has 0 saturated carbocycles. The maximum absolute atomic E-state index is 11.2. The van der Waals surface area contributed by atoms with Crippen LogP contribution in [0.2, 0.25) is 0 Å². The average Bonchev–Trinajstić information content (AvgIpc) is 3.97. The fraction of sp³-hybridized carbons (Fsp3) is 0. The molecule has 0 bridgehead atoms. The van der Waals surface area contributed by atoms with E-state index in [1.54, 1.807) is 11.3 Å². The SMILES string of the molecule is N#Cc1cc(-c2nc3c(nc2-c2cccc4c2c2ccccc2n4-c2ccccc2)sc2ccccc23)ccc1-n1c2cc3ccccc3cc2c2ccc3ccccc3c21. The van der Waals surface area contributed by atoms with E-state index in [9.17, 15) is 5.26 Å². The summed E-state index contributed by atoms with van der Waals surface area (Å²) in [4.78, 5) is 11.9. The molecule has 4 heterocycles. The standard InChI is InChI=1S/C55H31N5S/c56-32-37-29-36(26-28-45(37)60-48-31-35-15-5-4-14-34(35)30-44(48)40-27-25-33-13-6-7-18-39(33)54(40)60)51-52(58-55-53(57-51)42-20-9-11-24-49(42)61-55)43-21-12-23-47-50(43)41-19-8-10-22-46(41)59(47)38-16-2-1-3-17-38/h1-31H. The van der Waals surface area contributed by atoms with Crippen LogP contribution in [0, 0.1) is 11.3 Å². The van der Waals surface area contributed by atoms with Gasteiger partial charge in [-0.2, -0.15) is 5.26 Å². The van der Waals surface area contributed by atoms with E-state index in [1.807, 2.05) is 6.07 Å². The molecule has 0 aliphatic carbocycles. The molecular weight excluding hydrogens is 763 g/mol. The molecular formula is C55H31N5S. The Kier molecular flexibility index (Phi) is 7.18. The monoisotopic (exact) mass is 793 g/mol. The summed E-state index contributed by atoms with van der Waals surface area (Å²) in [6.07, 6.45) is 0. The summed E-state index contributed by atoms with van der Waals surface area (Å²) in [5.74, 6) is 0. The highest BCUT2D eigenvalue weighted by Gasteiger charge is 2.24. The van der Waals surface area contributed by atoms with Crippen LogP contribution in [0.3, 0.4) is 0 Å². The summed E-state index contributed by atoms with van der Waals surface area (Å²) in [5, 5.41) is 21.4. The third-order valence-electron chi connectivity index (χ3n) is 12.3. The Morgan fingerprint density at radius 3 is 2.05 bits per heavy atom. The second-order valence-electron chi connectivity index (χ2n) is 15.6. The molecule has 0 radical (unpaired) electrons. The van der Waals surface area contributed by atoms with Crippen molar-refractivity contribution in [2.75, 3.05) is 0 Å². The van der Waals surface area contributed by atoms with E-state index in [2.05, 4.69) is 197 Å². The number of nitriles is 1. The Hall–Kier alpha value is -8.11. The highest BCUT2D eigenvalue weighted by atomic mass is 32.1. The predicted octanol–water partition coefficient (Wildman–Crippen LogP) is 14.6. The minimum atomic E-state index is 0.555. The summed E-state index contributed by atoms with van der Waals surface area (Å²) in [7, 11) is 0. The van der Waals surface area contributed by atoms with E-state index in [0.29, 0.717) is 5.56 Å². The third kappa shape index (κ3) is 4.93. The Labute approximate surface area is 353 Å². The van der Waals surface area contributed by atoms with Crippen LogP contribution in [0.1, 0.15) is 5.56 Å². The number of aromatic nitrogens is 4. The first-order valence-corrected chi connectivity index (χ1v) is 21.2. The number of nitrogens with zero attached hydrogens (tertiary/aromatic N) is 5. The molecule has 4 aromatic heterocycles. The number of thiophene rings is 1. The number of para-hydroxylation sites is 2. The lowest BCUT2D eigenvalue weighted by molar-refractivity contribution is 1.17. The summed E-state index contributed by atoms with van der Waals surface area (Å²) in [6.45, 7) is 0. The van der Waals surface area contributed by atoms with Crippen LogP contribution in [0.25, 0.3) is 119 Å². The lowest BCUT2D eigenvalue weighted by atomic mass is 9.97. The summed E-state index contributed by atoms with van der Waals surface area (Å²) in [6, 6.07) is 68.9. The summed E-state index contributed by atoms with van der Waals surface area (Å²) < 4.78 is 5.77. The van der Waals surface area contributed by atoms with Gasteiger partial charge in [-0.15, -0.1) is 11.3 Å². The van der Waals surface area contributed by atoms with Crippen molar-refractivity contribution in [2.45, 2.75) is 0 Å². The molecule has 0 spiro atoms. The van der Waals surface area contributed by atoms with Gasteiger partial charge in [0.15, 0.2) is 0 Å². The average molecular weight is 794 g/mol. The summed E-state index contributed by atoms with van der Waals surface area (Å²) >= 11 is 1.66. The van der Waals surface area contributed by atoms with Gasteiger partial charge >= 0.3 is 0 Å². The molecule has 0 N–H and O–H groups in total. The van der Waals surface area contributed by atoms with Crippen LogP contribution >= 0.6 is 11.3 Å². The number of fused-ring (bicyclic) bond motifs is 12. The highest BCUT2D eigenvalue weighted by molar-refractivity contribution is 7.25. The van der Waals surface area contributed by atoms with Crippen molar-refractivity contribution in [3.05, 3.63) is 194 Å². The number of hydrogen-bond acceptors (Lipinski definition) is 4. The summed E-state index contributed by atoms with van der Waals surface area (Å²) in [5.41, 5.74) is 11.0. The van der Waals surface area contributed by atoms with Crippen LogP contribution < -0.4 is 0 Å². The van der Waals surface area contributed by atoms with Gasteiger partial charge in [0.05, 0.1) is 44.7 Å². The largest absolute Gasteiger partial charge is 0.309 e. The molecule has 13 rings (SSSR count). The second-order valence-corrected chi connectivity index (χ2v) is 16.7. The fourth-order valence-corrected chi connectivity index (χ4v) is 10.7. The Balaban J connectivity index is 1.11. The number of benzene rings is 9. The van der Waals surface area contributed by atoms with Crippen LogP contribution in [0.4, 0.5) is 0 Å². The molecule has 0 fully saturated rings. The Morgan fingerprint density at radius 2 is 1.20 bits per heavy atom. The quantitative estimate of drug-likeness (QED) is 0.178. The minimum absolute atomic E-state index is 0.555. The van der Waals surface area contributed by atoms with Crippen molar-refractivity contribution in [1.29, 1.82) is 5.26 Å². The Morgan fingerprint density at radius 1 is 0.475 bits per heavy atom. The first-order chi connectivity index (χ1) is 30.2. The van der Waals surface area contributed by atoms with Crippen LogP contribution in [0.15, 0.2) is 188 Å². The zero-order valence-corrected chi connectivity index (χ0v) is 33.4. The van der Waals surface area contributed by atoms with Gasteiger partial charge < -0.3 is 9.13 Å². The molecule has 0 aliphatic heterocycles. The molecule has 0 unspecified atom stereocenters. The van der Waals surface area contributed by atoms with Gasteiger partial charge in [0, 0.05) is 53.8 Å². The van der Waals surface area contributed by atoms with Gasteiger partial charge in [-0.3, -0.25) is 0 Å². The van der Waals surface area contributed by atoms with E-state index in [1.165, 1.54) is 5.39 Å². The highest BCUT2D eigenvalue weighted by Crippen LogP contribution is 2.44. The van der Waals surface area contributed by atoms with Gasteiger partial charge in [0.2, 0.25) is 0 Å². The molecule has 0 amide bonds. The van der Waals surface area contributed by atoms with Gasteiger partial charge in [0.1, 0.15) is 16.4 Å². The van der Waals surface area contributed by atoms with E-state index in [0.717, 1.165) is 114 Å². The van der Waals surface area contributed by atoms with Crippen molar-refractivity contribution >= 4 is 96.9 Å². The normalized spacial score (nSPS) is 11.9. The molecule has 0 aliphatic rings. The smallest absolute Gasteiger partial charge is 0.143 e. The number of hydrogen-bond donors (Lipinski definition) is 0. The van der Waals surface area contributed by atoms with Crippen molar-refractivity contribution < 1.29 is 0 Å². The van der Waals surface area contributed by atoms with Gasteiger partial charge in [0.25, 0.3) is 0 Å². The lowest BCUT2D eigenvalue weighted by Crippen LogP contribution is -2.00. The van der Waals surface area contributed by atoms with Crippen molar-refractivity contribution in [2.24, 2.45) is 0 Å². The Bertz CT molecular complexity index is 4010. The zero-order chi connectivity index (χ0) is 40.2. The van der Waals surface area contributed by atoms with E-state index >= 15 is 0 Å². The first kappa shape index (κ1) is 33.8. The molecule has 9 aromatic carbocycles. The van der Waals surface area contributed by atoms with Crippen LogP contribution in [-0.2, 0) is 0 Å². The van der Waals surface area contributed by atoms with E-state index in [4.69, 9.17) is 9.97 Å². The van der Waals surface area contributed by atoms with Crippen molar-refractivity contribution in [3.8, 4) is 40.0 Å². The molecule has 13 aromatic rings. The third-order valence-corrected chi connectivity index (χ3v) is 13.4. The molecule has 0 atom stereocenters. The zero-order valence-electron chi connectivity index (χ0n) is 32.5. The van der Waals surface area contributed by atoms with Gasteiger partial charge in [-0.1, -0.05) is 133 Å². The lowest BCUT2D eigenvalue weighted by Gasteiger charge is -2.15. The first-order valence-electron chi connectivity index (χ1n) is 20.4. The van der Waals surface area contributed by atoms with Crippen molar-refractivity contribution in [1.82, 2.24) is 19.1 Å². The second kappa shape index (κ2) is 12.9. The minimum Gasteiger partial charge on any atom is -0.309 e. The van der Waals surface area contributed by atoms with Gasteiger partial charge in [-0.05, 0) is 70.8 Å². The van der Waals surface area contributed by atoms with E-state index < -0.39 is 0 Å². The van der Waals surface area contributed by atoms with E-state index in [-0.39, 0.29) is 0 Å². The molecule has 61 heavy (non-hydrogen) atoms. The molecule has 0 saturated heterocycles. The molecule has 5 nitrogen and oxygen atoms in total. The van der Waals surface area contributed by atoms with Crippen molar-refractivity contribution in [3.63, 3.8) is 0 Å². The fourth-order valence-electron chi connectivity index (χ4n) is 9.66.